The lowest BCUT2D eigenvalue weighted by Gasteiger charge is -2.26. The number of halogens is 1. The van der Waals surface area contributed by atoms with Crippen LogP contribution >= 0.6 is 39.0 Å². The summed E-state index contributed by atoms with van der Waals surface area (Å²) in [5, 5.41) is 0. The number of hydrogen-bond donors (Lipinski definition) is 0. The van der Waals surface area contributed by atoms with E-state index in [1.807, 2.05) is 85.1 Å². The van der Waals surface area contributed by atoms with Gasteiger partial charge in [-0.1, -0.05) is 72.5 Å². The predicted octanol–water partition coefficient (Wildman–Crippen LogP) is 5.98. The average molecular weight is 648 g/mol. The third-order valence-corrected chi connectivity index (χ3v) is 8.76. The maximum atomic E-state index is 14.0. The normalized spacial score (nSPS) is 14.8. The maximum Gasteiger partial charge on any atom is 0.338 e. The SMILES string of the molecule is C=CCOc1ccc(/C=c2\sc3n(c2=O)[C@H](c2ccc(SC)cc2)C(C(=O)OCC)=C(c2ccccc2)N=3)cc1Br. The second-order valence-electron chi connectivity index (χ2n) is 8.99. The van der Waals surface area contributed by atoms with Gasteiger partial charge in [0.25, 0.3) is 5.56 Å². The molecule has 3 aromatic carbocycles. The molecular formula is C32H27BrN2O4S2. The monoisotopic (exact) mass is 646 g/mol. The number of nitrogens with zero attached hydrogens (tertiary/aromatic N) is 2. The van der Waals surface area contributed by atoms with Crippen LogP contribution in [0.1, 0.15) is 29.7 Å². The molecule has 0 N–H and O–H groups in total. The summed E-state index contributed by atoms with van der Waals surface area (Å²) in [5.74, 6) is 0.186. The van der Waals surface area contributed by atoms with E-state index in [-0.39, 0.29) is 12.2 Å². The van der Waals surface area contributed by atoms with Crippen molar-refractivity contribution in [2.45, 2.75) is 17.9 Å². The number of carbonyl (C=O) groups excluding carboxylic acids is 1. The Morgan fingerprint density at radius 2 is 1.90 bits per heavy atom. The molecule has 0 aliphatic carbocycles. The van der Waals surface area contributed by atoms with Gasteiger partial charge in [-0.3, -0.25) is 9.36 Å². The van der Waals surface area contributed by atoms with E-state index in [0.29, 0.717) is 33.0 Å². The van der Waals surface area contributed by atoms with E-state index in [0.717, 1.165) is 26.1 Å². The van der Waals surface area contributed by atoms with Crippen molar-refractivity contribution in [3.05, 3.63) is 132 Å². The van der Waals surface area contributed by atoms with Gasteiger partial charge in [-0.15, -0.1) is 11.8 Å². The number of thioether (sulfide) groups is 1. The van der Waals surface area contributed by atoms with E-state index >= 15 is 0 Å². The van der Waals surface area contributed by atoms with Crippen LogP contribution in [0.4, 0.5) is 0 Å². The number of esters is 1. The first-order valence-corrected chi connectivity index (χ1v) is 15.7. The van der Waals surface area contributed by atoms with Crippen molar-refractivity contribution in [3.8, 4) is 5.75 Å². The third kappa shape index (κ3) is 6.02. The first-order valence-electron chi connectivity index (χ1n) is 12.9. The molecule has 208 valence electrons. The topological polar surface area (TPSA) is 69.9 Å². The lowest BCUT2D eigenvalue weighted by atomic mass is 9.93. The van der Waals surface area contributed by atoms with Crippen LogP contribution < -0.4 is 19.6 Å². The maximum absolute atomic E-state index is 14.0. The summed E-state index contributed by atoms with van der Waals surface area (Å²) in [4.78, 5) is 34.1. The number of thiazole rings is 1. The number of carbonyl (C=O) groups is 1. The minimum Gasteiger partial charge on any atom is -0.488 e. The summed E-state index contributed by atoms with van der Waals surface area (Å²) in [5.41, 5.74) is 3.00. The van der Waals surface area contributed by atoms with Gasteiger partial charge in [-0.2, -0.15) is 0 Å². The van der Waals surface area contributed by atoms with Gasteiger partial charge in [0.05, 0.1) is 32.9 Å². The largest absolute Gasteiger partial charge is 0.488 e. The third-order valence-electron chi connectivity index (χ3n) is 6.42. The molecule has 0 saturated heterocycles. The predicted molar refractivity (Wildman–Crippen MR) is 169 cm³/mol. The molecule has 0 saturated carbocycles. The minimum atomic E-state index is -0.708. The second kappa shape index (κ2) is 12.9. The van der Waals surface area contributed by atoms with Crippen molar-refractivity contribution in [2.24, 2.45) is 4.99 Å². The van der Waals surface area contributed by atoms with Crippen molar-refractivity contribution in [1.82, 2.24) is 4.57 Å². The summed E-state index contributed by atoms with van der Waals surface area (Å²) in [6, 6.07) is 22.4. The molecule has 1 aliphatic rings. The Morgan fingerprint density at radius 3 is 2.56 bits per heavy atom. The van der Waals surface area contributed by atoms with Gasteiger partial charge in [-0.25, -0.2) is 9.79 Å². The van der Waals surface area contributed by atoms with Crippen molar-refractivity contribution in [3.63, 3.8) is 0 Å². The van der Waals surface area contributed by atoms with Crippen LogP contribution in [0.15, 0.2) is 110 Å². The molecule has 0 unspecified atom stereocenters. The second-order valence-corrected chi connectivity index (χ2v) is 11.7. The molecule has 0 bridgehead atoms. The summed E-state index contributed by atoms with van der Waals surface area (Å²) >= 11 is 6.47. The van der Waals surface area contributed by atoms with Gasteiger partial charge in [-0.05, 0) is 70.6 Å². The average Bonchev–Trinajstić information content (AvgIpc) is 3.30. The van der Waals surface area contributed by atoms with Gasteiger partial charge in [0.1, 0.15) is 12.4 Å². The zero-order valence-electron chi connectivity index (χ0n) is 22.5. The van der Waals surface area contributed by atoms with E-state index in [9.17, 15) is 9.59 Å². The van der Waals surface area contributed by atoms with Crippen LogP contribution in [0.5, 0.6) is 5.75 Å². The van der Waals surface area contributed by atoms with Crippen molar-refractivity contribution in [2.75, 3.05) is 19.5 Å². The summed E-state index contributed by atoms with van der Waals surface area (Å²) in [6.45, 7) is 6.04. The summed E-state index contributed by atoms with van der Waals surface area (Å²) in [6.07, 6.45) is 5.52. The molecule has 4 aromatic rings. The number of aromatic nitrogens is 1. The van der Waals surface area contributed by atoms with Gasteiger partial charge >= 0.3 is 5.97 Å². The molecule has 0 radical (unpaired) electrons. The summed E-state index contributed by atoms with van der Waals surface area (Å²) < 4.78 is 14.1. The molecule has 0 fully saturated rings. The Hall–Kier alpha value is -3.66. The highest BCUT2D eigenvalue weighted by molar-refractivity contribution is 9.10. The molecule has 9 heteroatoms. The number of ether oxygens (including phenoxy) is 2. The fourth-order valence-electron chi connectivity index (χ4n) is 4.57. The van der Waals surface area contributed by atoms with Gasteiger partial charge in [0, 0.05) is 10.5 Å². The first-order chi connectivity index (χ1) is 19.9. The molecule has 2 heterocycles. The van der Waals surface area contributed by atoms with E-state index in [2.05, 4.69) is 22.5 Å². The van der Waals surface area contributed by atoms with Crippen molar-refractivity contribution < 1.29 is 14.3 Å². The Balaban J connectivity index is 1.74. The van der Waals surface area contributed by atoms with Crippen LogP contribution in [0, 0.1) is 0 Å². The molecule has 41 heavy (non-hydrogen) atoms. The Labute approximate surface area is 254 Å². The molecule has 1 aromatic heterocycles. The van der Waals surface area contributed by atoms with Crippen LogP contribution in [0.25, 0.3) is 11.8 Å². The lowest BCUT2D eigenvalue weighted by Crippen LogP contribution is -2.40. The smallest absolute Gasteiger partial charge is 0.338 e. The quantitative estimate of drug-likeness (QED) is 0.127. The molecule has 6 nitrogen and oxygen atoms in total. The molecule has 1 atom stereocenters. The van der Waals surface area contributed by atoms with Crippen LogP contribution in [-0.2, 0) is 9.53 Å². The first kappa shape index (κ1) is 28.9. The molecule has 5 rings (SSSR count). The Morgan fingerprint density at radius 1 is 1.15 bits per heavy atom. The number of fused-ring (bicyclic) bond motifs is 1. The van der Waals surface area contributed by atoms with E-state index in [1.165, 1.54) is 11.3 Å². The highest BCUT2D eigenvalue weighted by Gasteiger charge is 2.35. The van der Waals surface area contributed by atoms with Crippen molar-refractivity contribution >= 4 is 56.8 Å². The number of hydrogen-bond acceptors (Lipinski definition) is 7. The van der Waals surface area contributed by atoms with Crippen LogP contribution in [-0.4, -0.2) is 30.0 Å². The number of benzene rings is 3. The van der Waals surface area contributed by atoms with Crippen LogP contribution in [0.3, 0.4) is 0 Å². The molecule has 1 aliphatic heterocycles. The van der Waals surface area contributed by atoms with Crippen LogP contribution in [0.2, 0.25) is 0 Å². The molecule has 0 amide bonds. The highest BCUT2D eigenvalue weighted by atomic mass is 79.9. The van der Waals surface area contributed by atoms with Gasteiger partial charge in [0.2, 0.25) is 0 Å². The molecule has 0 spiro atoms. The zero-order chi connectivity index (χ0) is 28.9. The Bertz CT molecular complexity index is 1810. The Kier molecular flexibility index (Phi) is 9.07. The van der Waals surface area contributed by atoms with Gasteiger partial charge in [0.15, 0.2) is 4.80 Å². The lowest BCUT2D eigenvalue weighted by molar-refractivity contribution is -0.138. The standard InChI is InChI=1S/C32H27BrN2O4S2/c1-4-17-39-25-16-11-20(18-24(25)33)19-26-30(36)35-29(22-12-14-23(40-3)15-13-22)27(31(37)38-5-2)28(34-32(35)41-26)21-9-7-6-8-10-21/h4,6-16,18-19,29H,1,5,17H2,2-3H3/b26-19-/t29-/m1/s1. The summed E-state index contributed by atoms with van der Waals surface area (Å²) in [7, 11) is 0. The fourth-order valence-corrected chi connectivity index (χ4v) is 6.49. The van der Waals surface area contributed by atoms with Gasteiger partial charge < -0.3 is 9.47 Å². The van der Waals surface area contributed by atoms with Crippen molar-refractivity contribution in [1.29, 1.82) is 0 Å². The fraction of sp³-hybridized carbons (Fsp3) is 0.156. The highest BCUT2D eigenvalue weighted by Crippen LogP contribution is 2.35. The number of rotatable bonds is 9. The van der Waals surface area contributed by atoms with E-state index in [4.69, 9.17) is 14.5 Å². The van der Waals surface area contributed by atoms with E-state index < -0.39 is 12.0 Å². The molecular weight excluding hydrogens is 620 g/mol. The minimum absolute atomic E-state index is 0.203. The zero-order valence-corrected chi connectivity index (χ0v) is 25.7. The van der Waals surface area contributed by atoms with E-state index in [1.54, 1.807) is 29.3 Å².